The summed E-state index contributed by atoms with van der Waals surface area (Å²) in [5.74, 6) is 0.0784. The van der Waals surface area contributed by atoms with E-state index in [-0.39, 0.29) is 12.5 Å². The highest BCUT2D eigenvalue weighted by molar-refractivity contribution is 7.85. The van der Waals surface area contributed by atoms with Crippen LogP contribution in [-0.4, -0.2) is 21.3 Å². The Labute approximate surface area is 61.8 Å². The molecule has 0 aliphatic carbocycles. The van der Waals surface area contributed by atoms with E-state index in [0.29, 0.717) is 0 Å². The molecule has 0 saturated carbocycles. The van der Waals surface area contributed by atoms with Crippen molar-refractivity contribution < 1.29 is 12.6 Å². The lowest BCUT2D eigenvalue weighted by Gasteiger charge is -2.03. The van der Waals surface area contributed by atoms with Crippen LogP contribution in [0.2, 0.25) is 0 Å². The first-order valence-electron chi connectivity index (χ1n) is 2.92. The maximum absolute atomic E-state index is 10.4. The van der Waals surface area contributed by atoms with Gasteiger partial charge in [0.2, 0.25) is 0 Å². The molecule has 0 aliphatic rings. The Hall–Kier alpha value is -0.350. The van der Waals surface area contributed by atoms with Gasteiger partial charge in [-0.05, 0) is 5.92 Å². The molecule has 1 atom stereocenters. The minimum atomic E-state index is -3.28. The van der Waals surface area contributed by atoms with E-state index >= 15 is 0 Å². The summed E-state index contributed by atoms with van der Waals surface area (Å²) < 4.78 is 25.3. The van der Waals surface area contributed by atoms with Crippen LogP contribution in [0.5, 0.6) is 0 Å². The van der Waals surface area contributed by atoms with Gasteiger partial charge in [0.15, 0.2) is 0 Å². The summed E-state index contributed by atoms with van der Waals surface area (Å²) in [6.45, 7) is 5.50. The van der Waals surface area contributed by atoms with Crippen LogP contribution in [0.25, 0.3) is 0 Å². The zero-order chi connectivity index (χ0) is 8.20. The summed E-state index contributed by atoms with van der Waals surface area (Å²) in [5.41, 5.74) is 0. The highest BCUT2D eigenvalue weighted by Crippen LogP contribution is 1.98. The van der Waals surface area contributed by atoms with Crippen molar-refractivity contribution in [2.24, 2.45) is 5.92 Å². The van der Waals surface area contributed by atoms with Gasteiger partial charge in [0.25, 0.3) is 10.1 Å². The molecule has 0 aromatic rings. The van der Waals surface area contributed by atoms with Crippen molar-refractivity contribution >= 4 is 10.1 Å². The molecule has 0 radical (unpaired) electrons. The molecule has 3 nitrogen and oxygen atoms in total. The Morgan fingerprint density at radius 1 is 1.70 bits per heavy atom. The molecule has 4 heteroatoms. The molecule has 1 unspecified atom stereocenters. The third-order valence-corrected chi connectivity index (χ3v) is 1.51. The normalized spacial score (nSPS) is 14.6. The molecule has 0 rings (SSSR count). The molecule has 0 bridgehead atoms. The van der Waals surface area contributed by atoms with E-state index in [1.807, 2.05) is 6.92 Å². The van der Waals surface area contributed by atoms with E-state index in [1.54, 1.807) is 6.08 Å². The SMILES string of the molecule is C=CC(C)COS(C)(=O)=O. The first-order valence-corrected chi connectivity index (χ1v) is 4.74. The standard InChI is InChI=1S/C6H12O3S/c1-4-6(2)5-9-10(3,7)8/h4,6H,1,5H2,2-3H3. The summed E-state index contributed by atoms with van der Waals surface area (Å²) in [7, 11) is -3.28. The van der Waals surface area contributed by atoms with Gasteiger partial charge in [-0.1, -0.05) is 13.0 Å². The summed E-state index contributed by atoms with van der Waals surface area (Å²) in [6.07, 6.45) is 2.67. The molecule has 0 spiro atoms. The van der Waals surface area contributed by atoms with Gasteiger partial charge in [-0.25, -0.2) is 0 Å². The number of hydrogen-bond acceptors (Lipinski definition) is 3. The number of rotatable bonds is 4. The van der Waals surface area contributed by atoms with E-state index in [4.69, 9.17) is 0 Å². The predicted molar refractivity (Wildman–Crippen MR) is 40.2 cm³/mol. The smallest absolute Gasteiger partial charge is 0.264 e. The zero-order valence-corrected chi connectivity index (χ0v) is 7.02. The minimum absolute atomic E-state index is 0.0784. The maximum atomic E-state index is 10.4. The summed E-state index contributed by atoms with van der Waals surface area (Å²) in [6, 6.07) is 0. The molecule has 0 saturated heterocycles. The van der Waals surface area contributed by atoms with Crippen LogP contribution in [0, 0.1) is 5.92 Å². The predicted octanol–water partition coefficient (Wildman–Crippen LogP) is 0.785. The lowest BCUT2D eigenvalue weighted by atomic mass is 10.2. The van der Waals surface area contributed by atoms with Crippen molar-refractivity contribution in [2.45, 2.75) is 6.92 Å². The van der Waals surface area contributed by atoms with Crippen molar-refractivity contribution in [3.8, 4) is 0 Å². The molecule has 0 heterocycles. The molecule has 0 aromatic heterocycles. The molecule has 0 N–H and O–H groups in total. The van der Waals surface area contributed by atoms with Crippen LogP contribution in [0.15, 0.2) is 12.7 Å². The second-order valence-corrected chi connectivity index (χ2v) is 3.85. The van der Waals surface area contributed by atoms with Gasteiger partial charge in [0.05, 0.1) is 12.9 Å². The maximum Gasteiger partial charge on any atom is 0.264 e. The molecular weight excluding hydrogens is 152 g/mol. The lowest BCUT2D eigenvalue weighted by Crippen LogP contribution is -2.08. The molecule has 0 amide bonds. The Balaban J connectivity index is 3.66. The third kappa shape index (κ3) is 5.78. The van der Waals surface area contributed by atoms with Gasteiger partial charge in [0.1, 0.15) is 0 Å². The van der Waals surface area contributed by atoms with E-state index in [9.17, 15) is 8.42 Å². The van der Waals surface area contributed by atoms with Crippen LogP contribution in [0.1, 0.15) is 6.92 Å². The van der Waals surface area contributed by atoms with Gasteiger partial charge in [-0.2, -0.15) is 8.42 Å². The van der Waals surface area contributed by atoms with E-state index < -0.39 is 10.1 Å². The Morgan fingerprint density at radius 2 is 2.20 bits per heavy atom. The highest BCUT2D eigenvalue weighted by Gasteiger charge is 2.03. The Morgan fingerprint density at radius 3 is 2.50 bits per heavy atom. The molecule has 10 heavy (non-hydrogen) atoms. The fourth-order valence-corrected chi connectivity index (χ4v) is 0.761. The van der Waals surface area contributed by atoms with Gasteiger partial charge >= 0.3 is 0 Å². The Kier molecular flexibility index (Phi) is 3.60. The average Bonchev–Trinajstić information content (AvgIpc) is 1.81. The molecule has 60 valence electrons. The van der Waals surface area contributed by atoms with Crippen molar-refractivity contribution in [3.63, 3.8) is 0 Å². The summed E-state index contributed by atoms with van der Waals surface area (Å²) >= 11 is 0. The van der Waals surface area contributed by atoms with Crippen molar-refractivity contribution in [1.29, 1.82) is 0 Å². The molecular formula is C6H12O3S. The van der Waals surface area contributed by atoms with Crippen LogP contribution < -0.4 is 0 Å². The first-order chi connectivity index (χ1) is 4.45. The highest BCUT2D eigenvalue weighted by atomic mass is 32.2. The Bertz CT molecular complexity index is 193. The monoisotopic (exact) mass is 164 g/mol. The third-order valence-electron chi connectivity index (χ3n) is 0.947. The zero-order valence-electron chi connectivity index (χ0n) is 6.20. The lowest BCUT2D eigenvalue weighted by molar-refractivity contribution is 0.291. The van der Waals surface area contributed by atoms with Crippen molar-refractivity contribution in [2.75, 3.05) is 12.9 Å². The average molecular weight is 164 g/mol. The topological polar surface area (TPSA) is 43.4 Å². The summed E-state index contributed by atoms with van der Waals surface area (Å²) in [4.78, 5) is 0. The molecule has 0 fully saturated rings. The van der Waals surface area contributed by atoms with Gasteiger partial charge < -0.3 is 0 Å². The van der Waals surface area contributed by atoms with Crippen LogP contribution in [0.4, 0.5) is 0 Å². The second kappa shape index (κ2) is 3.73. The largest absolute Gasteiger partial charge is 0.270 e. The summed E-state index contributed by atoms with van der Waals surface area (Å²) in [5, 5.41) is 0. The molecule has 0 aliphatic heterocycles. The van der Waals surface area contributed by atoms with Crippen LogP contribution in [0.3, 0.4) is 0 Å². The van der Waals surface area contributed by atoms with E-state index in [0.717, 1.165) is 6.26 Å². The fraction of sp³-hybridized carbons (Fsp3) is 0.667. The fourth-order valence-electron chi connectivity index (χ4n) is 0.299. The van der Waals surface area contributed by atoms with Crippen molar-refractivity contribution in [1.82, 2.24) is 0 Å². The van der Waals surface area contributed by atoms with Crippen LogP contribution in [-0.2, 0) is 14.3 Å². The molecule has 0 aromatic carbocycles. The van der Waals surface area contributed by atoms with Gasteiger partial charge in [-0.15, -0.1) is 6.58 Å². The van der Waals surface area contributed by atoms with Crippen LogP contribution >= 0.6 is 0 Å². The quantitative estimate of drug-likeness (QED) is 0.455. The van der Waals surface area contributed by atoms with Crippen molar-refractivity contribution in [3.05, 3.63) is 12.7 Å². The van der Waals surface area contributed by atoms with Gasteiger partial charge in [-0.3, -0.25) is 4.18 Å². The second-order valence-electron chi connectivity index (χ2n) is 2.20. The van der Waals surface area contributed by atoms with Gasteiger partial charge in [0, 0.05) is 0 Å². The first kappa shape index (κ1) is 9.65. The van der Waals surface area contributed by atoms with E-state index in [2.05, 4.69) is 10.8 Å². The number of hydrogen-bond donors (Lipinski definition) is 0. The minimum Gasteiger partial charge on any atom is -0.270 e. The van der Waals surface area contributed by atoms with E-state index in [1.165, 1.54) is 0 Å².